The van der Waals surface area contributed by atoms with E-state index in [1.165, 1.54) is 11.1 Å². The molecule has 0 saturated heterocycles. The zero-order valence-electron chi connectivity index (χ0n) is 17.8. The summed E-state index contributed by atoms with van der Waals surface area (Å²) in [6.07, 6.45) is 1.72. The highest BCUT2D eigenvalue weighted by molar-refractivity contribution is 14.0. The van der Waals surface area contributed by atoms with E-state index in [1.54, 1.807) is 13.3 Å². The number of benzene rings is 1. The smallest absolute Gasteiger partial charge is 0.218 e. The van der Waals surface area contributed by atoms with Crippen molar-refractivity contribution in [3.05, 3.63) is 59.3 Å². The Morgan fingerprint density at radius 3 is 2.59 bits per heavy atom. The maximum atomic E-state index is 5.69. The molecular weight excluding hydrogens is 479 g/mol. The van der Waals surface area contributed by atoms with Crippen LogP contribution in [-0.4, -0.2) is 44.4 Å². The van der Waals surface area contributed by atoms with Gasteiger partial charge in [-0.15, -0.1) is 24.0 Å². The van der Waals surface area contributed by atoms with Crippen LogP contribution >= 0.6 is 24.0 Å². The van der Waals surface area contributed by atoms with Crippen LogP contribution in [0.5, 0.6) is 5.88 Å². The molecule has 2 rings (SSSR count). The highest BCUT2D eigenvalue weighted by Crippen LogP contribution is 2.16. The van der Waals surface area contributed by atoms with Gasteiger partial charge < -0.3 is 20.1 Å². The summed E-state index contributed by atoms with van der Waals surface area (Å²) in [7, 11) is 1.65. The number of rotatable bonds is 10. The van der Waals surface area contributed by atoms with Crippen molar-refractivity contribution < 1.29 is 9.47 Å². The number of halogens is 1. The van der Waals surface area contributed by atoms with Crippen molar-refractivity contribution >= 4 is 29.9 Å². The molecule has 0 aliphatic carbocycles. The lowest BCUT2D eigenvalue weighted by Crippen LogP contribution is -2.39. The Morgan fingerprint density at radius 2 is 1.90 bits per heavy atom. The molecule has 2 aromatic rings. The fourth-order valence-corrected chi connectivity index (χ4v) is 2.66. The summed E-state index contributed by atoms with van der Waals surface area (Å²) in [5.41, 5.74) is 3.54. The second kappa shape index (κ2) is 14.2. The highest BCUT2D eigenvalue weighted by Gasteiger charge is 2.08. The van der Waals surface area contributed by atoms with Gasteiger partial charge >= 0.3 is 0 Å². The van der Waals surface area contributed by atoms with Crippen LogP contribution in [-0.2, 0) is 11.3 Å². The Kier molecular flexibility index (Phi) is 12.3. The first kappa shape index (κ1) is 25.2. The van der Waals surface area contributed by atoms with Crippen LogP contribution in [0.25, 0.3) is 0 Å². The number of nitrogens with one attached hydrogen (secondary N) is 2. The van der Waals surface area contributed by atoms with Crippen molar-refractivity contribution in [3.63, 3.8) is 0 Å². The molecular formula is C22H33IN4O2. The lowest BCUT2D eigenvalue weighted by molar-refractivity contribution is 0.143. The molecule has 0 radical (unpaired) electrons. The van der Waals surface area contributed by atoms with E-state index in [1.807, 2.05) is 12.1 Å². The van der Waals surface area contributed by atoms with Crippen molar-refractivity contribution in [1.29, 1.82) is 0 Å². The summed E-state index contributed by atoms with van der Waals surface area (Å²) < 4.78 is 10.7. The van der Waals surface area contributed by atoms with Gasteiger partial charge in [-0.3, -0.25) is 0 Å². The number of aryl methyl sites for hydroxylation is 1. The van der Waals surface area contributed by atoms with Crippen molar-refractivity contribution in [2.75, 3.05) is 33.4 Å². The molecule has 160 valence electrons. The highest BCUT2D eigenvalue weighted by atomic mass is 127. The van der Waals surface area contributed by atoms with Gasteiger partial charge in [0.15, 0.2) is 5.96 Å². The maximum Gasteiger partial charge on any atom is 0.218 e. The normalized spacial score (nSPS) is 12.1. The SMILES string of the molecule is CCNC(=NCc1cccnc1OCCOC)NCC(C)c1ccc(C)cc1.I. The number of hydrogen-bond donors (Lipinski definition) is 2. The van der Waals surface area contributed by atoms with E-state index < -0.39 is 0 Å². The van der Waals surface area contributed by atoms with E-state index in [0.29, 0.717) is 31.6 Å². The molecule has 0 saturated carbocycles. The van der Waals surface area contributed by atoms with Crippen molar-refractivity contribution in [2.24, 2.45) is 4.99 Å². The third kappa shape index (κ3) is 8.99. The molecule has 29 heavy (non-hydrogen) atoms. The minimum absolute atomic E-state index is 0. The minimum Gasteiger partial charge on any atom is -0.475 e. The van der Waals surface area contributed by atoms with Gasteiger partial charge in [-0.05, 0) is 31.4 Å². The van der Waals surface area contributed by atoms with Crippen LogP contribution in [0.1, 0.15) is 36.5 Å². The third-order valence-corrected chi connectivity index (χ3v) is 4.35. The van der Waals surface area contributed by atoms with E-state index >= 15 is 0 Å². The largest absolute Gasteiger partial charge is 0.475 e. The second-order valence-electron chi connectivity index (χ2n) is 6.70. The third-order valence-electron chi connectivity index (χ3n) is 4.35. The van der Waals surface area contributed by atoms with E-state index in [9.17, 15) is 0 Å². The molecule has 0 aliphatic heterocycles. The van der Waals surface area contributed by atoms with E-state index in [2.05, 4.69) is 60.7 Å². The van der Waals surface area contributed by atoms with Gasteiger partial charge in [0.25, 0.3) is 0 Å². The van der Waals surface area contributed by atoms with Gasteiger partial charge in [0.1, 0.15) is 6.61 Å². The Morgan fingerprint density at radius 1 is 1.14 bits per heavy atom. The van der Waals surface area contributed by atoms with Gasteiger partial charge in [-0.2, -0.15) is 0 Å². The number of pyridine rings is 1. The Bertz CT molecular complexity index is 738. The molecule has 0 aliphatic rings. The van der Waals surface area contributed by atoms with Gasteiger partial charge in [0.05, 0.1) is 13.2 Å². The van der Waals surface area contributed by atoms with Crippen LogP contribution in [0.3, 0.4) is 0 Å². The lowest BCUT2D eigenvalue weighted by atomic mass is 10.0. The van der Waals surface area contributed by atoms with E-state index in [-0.39, 0.29) is 24.0 Å². The van der Waals surface area contributed by atoms with Gasteiger partial charge in [0, 0.05) is 32.0 Å². The van der Waals surface area contributed by atoms with Gasteiger partial charge in [-0.25, -0.2) is 9.98 Å². The second-order valence-corrected chi connectivity index (χ2v) is 6.70. The van der Waals surface area contributed by atoms with Crippen LogP contribution < -0.4 is 15.4 Å². The molecule has 0 amide bonds. The molecule has 1 aromatic carbocycles. The van der Waals surface area contributed by atoms with E-state index in [4.69, 9.17) is 14.5 Å². The molecule has 1 aromatic heterocycles. The molecule has 1 unspecified atom stereocenters. The molecule has 0 spiro atoms. The molecule has 1 atom stereocenters. The zero-order valence-corrected chi connectivity index (χ0v) is 20.1. The first-order valence-electron chi connectivity index (χ1n) is 9.78. The Balaban J connectivity index is 0.00000420. The van der Waals surface area contributed by atoms with Crippen molar-refractivity contribution in [1.82, 2.24) is 15.6 Å². The van der Waals surface area contributed by atoms with Crippen molar-refractivity contribution in [3.8, 4) is 5.88 Å². The molecule has 7 heteroatoms. The summed E-state index contributed by atoms with van der Waals surface area (Å²) in [4.78, 5) is 9.00. The topological polar surface area (TPSA) is 67.8 Å². The zero-order chi connectivity index (χ0) is 20.2. The fraction of sp³-hybridized carbons (Fsp3) is 0.455. The Labute approximate surface area is 191 Å². The van der Waals surface area contributed by atoms with Gasteiger partial charge in [0.2, 0.25) is 5.88 Å². The summed E-state index contributed by atoms with van der Waals surface area (Å²) in [5.74, 6) is 1.77. The number of aromatic nitrogens is 1. The summed E-state index contributed by atoms with van der Waals surface area (Å²) in [6, 6.07) is 12.6. The standard InChI is InChI=1S/C22H32N4O2.HI/c1-5-23-22(25-15-18(3)19-10-8-17(2)9-11-19)26-16-20-7-6-12-24-21(20)28-14-13-27-4;/h6-12,18H,5,13-16H2,1-4H3,(H2,23,25,26);1H. The first-order valence-corrected chi connectivity index (χ1v) is 9.78. The molecule has 0 bridgehead atoms. The molecule has 1 heterocycles. The van der Waals surface area contributed by atoms with Crippen molar-refractivity contribution in [2.45, 2.75) is 33.2 Å². The predicted octanol–water partition coefficient (Wildman–Crippen LogP) is 3.89. The average Bonchev–Trinajstić information content (AvgIpc) is 2.71. The first-order chi connectivity index (χ1) is 13.6. The van der Waals surface area contributed by atoms with Crippen LogP contribution in [0, 0.1) is 6.92 Å². The van der Waals surface area contributed by atoms with Crippen LogP contribution in [0.15, 0.2) is 47.6 Å². The van der Waals surface area contributed by atoms with Crippen LogP contribution in [0.2, 0.25) is 0 Å². The summed E-state index contributed by atoms with van der Waals surface area (Å²) in [5, 5.41) is 6.73. The van der Waals surface area contributed by atoms with E-state index in [0.717, 1.165) is 24.6 Å². The molecule has 0 fully saturated rings. The quantitative estimate of drug-likeness (QED) is 0.219. The monoisotopic (exact) mass is 512 g/mol. The minimum atomic E-state index is 0. The predicted molar refractivity (Wildman–Crippen MR) is 129 cm³/mol. The molecule has 6 nitrogen and oxygen atoms in total. The fourth-order valence-electron chi connectivity index (χ4n) is 2.66. The number of aliphatic imine (C=N–C) groups is 1. The number of guanidine groups is 1. The van der Waals surface area contributed by atoms with Gasteiger partial charge in [-0.1, -0.05) is 42.8 Å². The number of nitrogens with zero attached hydrogens (tertiary/aromatic N) is 2. The summed E-state index contributed by atoms with van der Waals surface area (Å²) in [6.45, 7) is 9.47. The number of methoxy groups -OCH3 is 1. The maximum absolute atomic E-state index is 5.69. The Hall–Kier alpha value is -1.87. The number of hydrogen-bond acceptors (Lipinski definition) is 4. The summed E-state index contributed by atoms with van der Waals surface area (Å²) >= 11 is 0. The average molecular weight is 512 g/mol. The lowest BCUT2D eigenvalue weighted by Gasteiger charge is -2.16. The molecule has 2 N–H and O–H groups in total. The number of ether oxygens (including phenoxy) is 2. The van der Waals surface area contributed by atoms with Crippen LogP contribution in [0.4, 0.5) is 0 Å².